The van der Waals surface area contributed by atoms with Gasteiger partial charge in [-0.2, -0.15) is 0 Å². The van der Waals surface area contributed by atoms with Crippen molar-refractivity contribution in [2.24, 2.45) is 11.8 Å². The highest BCUT2D eigenvalue weighted by Crippen LogP contribution is 2.35. The van der Waals surface area contributed by atoms with Crippen LogP contribution in [-0.4, -0.2) is 40.6 Å². The number of carbonyl (C=O) groups is 2. The molecule has 0 unspecified atom stereocenters. The van der Waals surface area contributed by atoms with Crippen LogP contribution in [0.25, 0.3) is 0 Å². The molecule has 0 radical (unpaired) electrons. The van der Waals surface area contributed by atoms with Crippen molar-refractivity contribution in [1.82, 2.24) is 4.90 Å². The Morgan fingerprint density at radius 1 is 1.16 bits per heavy atom. The number of rotatable bonds is 6. The first-order chi connectivity index (χ1) is 11.8. The van der Waals surface area contributed by atoms with Gasteiger partial charge in [-0.1, -0.05) is 45.4 Å². The molecule has 1 aliphatic heterocycles. The van der Waals surface area contributed by atoms with E-state index < -0.39 is 6.04 Å². The number of thioether (sulfide) groups is 1. The van der Waals surface area contributed by atoms with E-state index in [1.54, 1.807) is 16.7 Å². The number of benzene rings is 1. The third kappa shape index (κ3) is 5.24. The van der Waals surface area contributed by atoms with Gasteiger partial charge in [0, 0.05) is 11.3 Å². The minimum absolute atomic E-state index is 0.0189. The van der Waals surface area contributed by atoms with E-state index in [0.29, 0.717) is 23.8 Å². The molecular formula is C20H29NO3S. The summed E-state index contributed by atoms with van der Waals surface area (Å²) < 4.78 is 5.43. The zero-order valence-electron chi connectivity index (χ0n) is 15.8. The summed E-state index contributed by atoms with van der Waals surface area (Å²) in [6.45, 7) is 10.7. The fourth-order valence-electron chi connectivity index (χ4n) is 2.79. The van der Waals surface area contributed by atoms with Gasteiger partial charge >= 0.3 is 5.97 Å². The minimum atomic E-state index is -0.499. The number of hydrogen-bond donors (Lipinski definition) is 0. The van der Waals surface area contributed by atoms with E-state index in [0.717, 1.165) is 12.0 Å². The molecule has 0 aliphatic carbocycles. The van der Waals surface area contributed by atoms with Crippen LogP contribution in [-0.2, 0) is 9.53 Å². The third-order valence-electron chi connectivity index (χ3n) is 4.13. The predicted molar refractivity (Wildman–Crippen MR) is 103 cm³/mol. The molecule has 2 rings (SSSR count). The first-order valence-electron chi connectivity index (χ1n) is 8.97. The van der Waals surface area contributed by atoms with Crippen molar-refractivity contribution in [2.45, 2.75) is 52.5 Å². The van der Waals surface area contributed by atoms with Crippen LogP contribution < -0.4 is 0 Å². The molecule has 1 aromatic rings. The topological polar surface area (TPSA) is 46.6 Å². The van der Waals surface area contributed by atoms with Crippen molar-refractivity contribution >= 4 is 23.6 Å². The van der Waals surface area contributed by atoms with Gasteiger partial charge in [0.2, 0.25) is 0 Å². The van der Waals surface area contributed by atoms with Gasteiger partial charge in [0.1, 0.15) is 6.04 Å². The Balaban J connectivity index is 2.22. The lowest BCUT2D eigenvalue weighted by atomic mass is 10.1. The van der Waals surface area contributed by atoms with Crippen LogP contribution in [0.2, 0.25) is 0 Å². The van der Waals surface area contributed by atoms with Gasteiger partial charge in [0.05, 0.1) is 12.0 Å². The molecule has 1 fully saturated rings. The average molecular weight is 364 g/mol. The number of hydrogen-bond acceptors (Lipinski definition) is 4. The molecule has 4 nitrogen and oxygen atoms in total. The lowest BCUT2D eigenvalue weighted by molar-refractivity contribution is -0.149. The molecule has 0 saturated carbocycles. The van der Waals surface area contributed by atoms with E-state index in [4.69, 9.17) is 4.74 Å². The number of carbonyl (C=O) groups excluding carboxylic acids is 2. The highest BCUT2D eigenvalue weighted by molar-refractivity contribution is 8.00. The van der Waals surface area contributed by atoms with E-state index >= 15 is 0 Å². The molecule has 0 bridgehead atoms. The van der Waals surface area contributed by atoms with Gasteiger partial charge < -0.3 is 9.64 Å². The predicted octanol–water partition coefficient (Wildman–Crippen LogP) is 4.12. The second kappa shape index (κ2) is 8.75. The Labute approximate surface area is 155 Å². The third-order valence-corrected chi connectivity index (χ3v) is 5.44. The SMILES string of the molecule is Cc1ccc(C(=O)N2[C@@H](C(=O)OCC(C)C)CS[C@@H]2CC(C)C)cc1. The Morgan fingerprint density at radius 2 is 1.80 bits per heavy atom. The summed E-state index contributed by atoms with van der Waals surface area (Å²) in [7, 11) is 0. The van der Waals surface area contributed by atoms with E-state index in [-0.39, 0.29) is 23.2 Å². The second-order valence-corrected chi connectivity index (χ2v) is 8.75. The summed E-state index contributed by atoms with van der Waals surface area (Å²) in [4.78, 5) is 27.4. The van der Waals surface area contributed by atoms with Gasteiger partial charge in [0.15, 0.2) is 0 Å². The van der Waals surface area contributed by atoms with Crippen molar-refractivity contribution in [3.63, 3.8) is 0 Å². The summed E-state index contributed by atoms with van der Waals surface area (Å²) in [6.07, 6.45) is 0.871. The van der Waals surface area contributed by atoms with Crippen molar-refractivity contribution in [3.05, 3.63) is 35.4 Å². The fourth-order valence-corrected chi connectivity index (χ4v) is 4.42. The molecule has 138 valence electrons. The van der Waals surface area contributed by atoms with E-state index in [9.17, 15) is 9.59 Å². The first-order valence-corrected chi connectivity index (χ1v) is 10.0. The van der Waals surface area contributed by atoms with Crippen LogP contribution in [0, 0.1) is 18.8 Å². The number of nitrogens with zero attached hydrogens (tertiary/aromatic N) is 1. The standard InChI is InChI=1S/C20H29NO3S/c1-13(2)10-18-21(19(22)16-8-6-15(5)7-9-16)17(12-25-18)20(23)24-11-14(3)4/h6-9,13-14,17-18H,10-12H2,1-5H3/t17-,18-/m1/s1. The van der Waals surface area contributed by atoms with Crippen molar-refractivity contribution in [3.8, 4) is 0 Å². The molecule has 1 amide bonds. The summed E-state index contributed by atoms with van der Waals surface area (Å²) >= 11 is 1.68. The molecule has 0 spiro atoms. The van der Waals surface area contributed by atoms with Crippen molar-refractivity contribution in [1.29, 1.82) is 0 Å². The average Bonchev–Trinajstić information content (AvgIpc) is 2.95. The number of aryl methyl sites for hydroxylation is 1. The summed E-state index contributed by atoms with van der Waals surface area (Å²) in [6, 6.07) is 7.04. The van der Waals surface area contributed by atoms with Crippen molar-refractivity contribution in [2.75, 3.05) is 12.4 Å². The monoisotopic (exact) mass is 363 g/mol. The molecule has 1 aliphatic rings. The Morgan fingerprint density at radius 3 is 2.36 bits per heavy atom. The van der Waals surface area contributed by atoms with Gasteiger partial charge in [-0.25, -0.2) is 4.79 Å². The van der Waals surface area contributed by atoms with Crippen LogP contribution in [0.3, 0.4) is 0 Å². The molecule has 2 atom stereocenters. The Bertz CT molecular complexity index is 597. The smallest absolute Gasteiger partial charge is 0.329 e. The number of ether oxygens (including phenoxy) is 1. The molecule has 0 aromatic heterocycles. The zero-order valence-corrected chi connectivity index (χ0v) is 16.6. The molecule has 5 heteroatoms. The molecule has 25 heavy (non-hydrogen) atoms. The number of amides is 1. The van der Waals surface area contributed by atoms with Crippen LogP contribution in [0.15, 0.2) is 24.3 Å². The first kappa shape index (κ1) is 19.8. The van der Waals surface area contributed by atoms with Crippen LogP contribution in [0.5, 0.6) is 0 Å². The van der Waals surface area contributed by atoms with E-state index in [2.05, 4.69) is 13.8 Å². The molecular weight excluding hydrogens is 334 g/mol. The summed E-state index contributed by atoms with van der Waals surface area (Å²) in [5, 5.41) is 0.0189. The quantitative estimate of drug-likeness (QED) is 0.713. The van der Waals surface area contributed by atoms with Gasteiger partial charge in [-0.15, -0.1) is 11.8 Å². The molecule has 1 saturated heterocycles. The molecule has 1 aromatic carbocycles. The maximum Gasteiger partial charge on any atom is 0.329 e. The second-order valence-electron chi connectivity index (χ2n) is 7.54. The highest BCUT2D eigenvalue weighted by Gasteiger charge is 2.42. The fraction of sp³-hybridized carbons (Fsp3) is 0.600. The van der Waals surface area contributed by atoms with E-state index in [1.807, 2.05) is 45.0 Å². The van der Waals surface area contributed by atoms with Gasteiger partial charge in [-0.05, 0) is 37.3 Å². The summed E-state index contributed by atoms with van der Waals surface area (Å²) in [5.74, 6) is 0.975. The lowest BCUT2D eigenvalue weighted by Gasteiger charge is -2.29. The normalized spacial score (nSPS) is 20.4. The van der Waals surface area contributed by atoms with Crippen LogP contribution in [0.4, 0.5) is 0 Å². The minimum Gasteiger partial charge on any atom is -0.464 e. The van der Waals surface area contributed by atoms with Crippen LogP contribution in [0.1, 0.15) is 50.0 Å². The summed E-state index contributed by atoms with van der Waals surface area (Å²) in [5.41, 5.74) is 1.74. The lowest BCUT2D eigenvalue weighted by Crippen LogP contribution is -2.46. The molecule has 0 N–H and O–H groups in total. The van der Waals surface area contributed by atoms with E-state index in [1.165, 1.54) is 0 Å². The largest absolute Gasteiger partial charge is 0.464 e. The maximum absolute atomic E-state index is 13.1. The highest BCUT2D eigenvalue weighted by atomic mass is 32.2. The maximum atomic E-state index is 13.1. The van der Waals surface area contributed by atoms with Gasteiger partial charge in [-0.3, -0.25) is 4.79 Å². The Kier molecular flexibility index (Phi) is 6.94. The number of esters is 1. The molecule has 1 heterocycles. The van der Waals surface area contributed by atoms with Crippen molar-refractivity contribution < 1.29 is 14.3 Å². The van der Waals surface area contributed by atoms with Gasteiger partial charge in [0.25, 0.3) is 5.91 Å². The zero-order chi connectivity index (χ0) is 18.6. The Hall–Kier alpha value is -1.49. The van der Waals surface area contributed by atoms with Crippen LogP contribution >= 0.6 is 11.8 Å².